The predicted octanol–water partition coefficient (Wildman–Crippen LogP) is 6.51. The van der Waals surface area contributed by atoms with E-state index >= 15 is 0 Å². The molecule has 0 bridgehead atoms. The molecule has 1 amide bonds. The topological polar surface area (TPSA) is 61.4 Å². The van der Waals surface area contributed by atoms with E-state index in [-0.39, 0.29) is 34.6 Å². The van der Waals surface area contributed by atoms with Crippen LogP contribution < -0.4 is 10.6 Å². The maximum atomic E-state index is 12.2. The van der Waals surface area contributed by atoms with Crippen LogP contribution in [0.3, 0.4) is 0 Å². The Morgan fingerprint density at radius 2 is 2.03 bits per heavy atom. The third kappa shape index (κ3) is 3.96. The molecule has 1 aliphatic heterocycles. The number of phenolic OH excluding ortho intramolecular Hbond substituents is 1. The number of amides is 1. The highest BCUT2D eigenvalue weighted by Gasteiger charge is 2.39. The maximum absolute atomic E-state index is 12.2. The molecule has 0 fully saturated rings. The summed E-state index contributed by atoms with van der Waals surface area (Å²) in [5.74, 6) is 0.827. The normalized spacial score (nSPS) is 22.2. The van der Waals surface area contributed by atoms with Crippen LogP contribution in [0.1, 0.15) is 49.8 Å². The van der Waals surface area contributed by atoms with E-state index in [0.717, 1.165) is 23.4 Å². The van der Waals surface area contributed by atoms with Crippen molar-refractivity contribution >= 4 is 40.5 Å². The molecule has 3 atom stereocenters. The Hall–Kier alpha value is -2.17. The SMILES string of the molecule is CC(C)CC(=O)Nc1ccc2c(c1)C1C=CCC1C(c1cc(Cl)cc(Cl)c1O)N2. The number of hydrogen-bond acceptors (Lipinski definition) is 3. The first kappa shape index (κ1) is 20.1. The number of allylic oxidation sites excluding steroid dienone is 2. The van der Waals surface area contributed by atoms with Crippen molar-refractivity contribution in [2.45, 2.75) is 38.6 Å². The molecule has 2 aromatic rings. The van der Waals surface area contributed by atoms with Crippen LogP contribution in [0, 0.1) is 11.8 Å². The van der Waals surface area contributed by atoms with E-state index in [2.05, 4.69) is 28.9 Å². The predicted molar refractivity (Wildman–Crippen MR) is 119 cm³/mol. The van der Waals surface area contributed by atoms with Gasteiger partial charge in [-0.15, -0.1) is 0 Å². The number of carbonyl (C=O) groups is 1. The summed E-state index contributed by atoms with van der Waals surface area (Å²) in [5, 5.41) is 17.9. The lowest BCUT2D eigenvalue weighted by atomic mass is 9.76. The fourth-order valence-electron chi connectivity index (χ4n) is 4.39. The minimum atomic E-state index is -0.111. The smallest absolute Gasteiger partial charge is 0.224 e. The van der Waals surface area contributed by atoms with Gasteiger partial charge in [-0.2, -0.15) is 0 Å². The number of benzene rings is 2. The molecule has 4 rings (SSSR count). The van der Waals surface area contributed by atoms with Gasteiger partial charge in [0.05, 0.1) is 11.1 Å². The van der Waals surface area contributed by atoms with Crippen LogP contribution in [-0.2, 0) is 4.79 Å². The van der Waals surface area contributed by atoms with Crippen molar-refractivity contribution in [1.82, 2.24) is 0 Å². The standard InChI is InChI=1S/C23H24Cl2N2O2/c1-12(2)8-21(28)26-14-6-7-20-17(11-14)15-4-3-5-16(15)22(27-20)18-9-13(24)10-19(25)23(18)29/h3-4,6-7,9-12,15-16,22,27,29H,5,8H2,1-2H3,(H,26,28). The number of phenols is 1. The largest absolute Gasteiger partial charge is 0.506 e. The van der Waals surface area contributed by atoms with Crippen molar-refractivity contribution in [3.63, 3.8) is 0 Å². The van der Waals surface area contributed by atoms with Gasteiger partial charge in [-0.1, -0.05) is 49.2 Å². The molecular formula is C23H24Cl2N2O2. The first-order valence-electron chi connectivity index (χ1n) is 9.88. The van der Waals surface area contributed by atoms with Gasteiger partial charge in [0, 0.05) is 34.3 Å². The molecule has 6 heteroatoms. The van der Waals surface area contributed by atoms with Gasteiger partial charge in [-0.05, 0) is 54.2 Å². The fourth-order valence-corrected chi connectivity index (χ4v) is 4.89. The Morgan fingerprint density at radius 1 is 1.24 bits per heavy atom. The van der Waals surface area contributed by atoms with Gasteiger partial charge in [0.2, 0.25) is 5.91 Å². The van der Waals surface area contributed by atoms with Gasteiger partial charge < -0.3 is 15.7 Å². The van der Waals surface area contributed by atoms with Crippen molar-refractivity contribution in [1.29, 1.82) is 0 Å². The molecule has 0 saturated heterocycles. The van der Waals surface area contributed by atoms with E-state index in [1.165, 1.54) is 0 Å². The first-order valence-corrected chi connectivity index (χ1v) is 10.6. The summed E-state index contributed by atoms with van der Waals surface area (Å²) < 4.78 is 0. The molecule has 3 N–H and O–H groups in total. The van der Waals surface area contributed by atoms with Crippen LogP contribution in [0.15, 0.2) is 42.5 Å². The highest BCUT2D eigenvalue weighted by atomic mass is 35.5. The van der Waals surface area contributed by atoms with Gasteiger partial charge in [0.25, 0.3) is 0 Å². The van der Waals surface area contributed by atoms with Crippen LogP contribution >= 0.6 is 23.2 Å². The Kier molecular flexibility index (Phi) is 5.50. The molecule has 29 heavy (non-hydrogen) atoms. The van der Waals surface area contributed by atoms with E-state index in [4.69, 9.17) is 23.2 Å². The average Bonchev–Trinajstić information content (AvgIpc) is 3.13. The van der Waals surface area contributed by atoms with Gasteiger partial charge in [0.1, 0.15) is 5.75 Å². The second-order valence-electron chi connectivity index (χ2n) is 8.25. The molecular weight excluding hydrogens is 407 g/mol. The van der Waals surface area contributed by atoms with Gasteiger partial charge in [0.15, 0.2) is 0 Å². The third-order valence-corrected chi connectivity index (χ3v) is 6.14. The summed E-state index contributed by atoms with van der Waals surface area (Å²) in [4.78, 5) is 12.2. The number of aromatic hydroxyl groups is 1. The highest BCUT2D eigenvalue weighted by Crippen LogP contribution is 2.52. The number of rotatable bonds is 4. The summed E-state index contributed by atoms with van der Waals surface area (Å²) in [6, 6.07) is 9.16. The number of nitrogens with one attached hydrogen (secondary N) is 2. The average molecular weight is 431 g/mol. The van der Waals surface area contributed by atoms with Gasteiger partial charge >= 0.3 is 0 Å². The fraction of sp³-hybridized carbons (Fsp3) is 0.348. The van der Waals surface area contributed by atoms with E-state index in [0.29, 0.717) is 22.9 Å². The molecule has 152 valence electrons. The second kappa shape index (κ2) is 7.92. The van der Waals surface area contributed by atoms with Crippen molar-refractivity contribution in [2.24, 2.45) is 11.8 Å². The Bertz CT molecular complexity index is 987. The number of anilines is 2. The van der Waals surface area contributed by atoms with Crippen molar-refractivity contribution < 1.29 is 9.90 Å². The molecule has 4 nitrogen and oxygen atoms in total. The minimum Gasteiger partial charge on any atom is -0.506 e. The van der Waals surface area contributed by atoms with Gasteiger partial charge in [-0.25, -0.2) is 0 Å². The van der Waals surface area contributed by atoms with E-state index in [1.54, 1.807) is 12.1 Å². The summed E-state index contributed by atoms with van der Waals surface area (Å²) in [6.07, 6.45) is 5.76. The first-order chi connectivity index (χ1) is 13.8. The quantitative estimate of drug-likeness (QED) is 0.484. The van der Waals surface area contributed by atoms with Crippen LogP contribution in [0.25, 0.3) is 0 Å². The Morgan fingerprint density at radius 3 is 2.79 bits per heavy atom. The van der Waals surface area contributed by atoms with E-state index in [9.17, 15) is 9.90 Å². The number of hydrogen-bond donors (Lipinski definition) is 3. The van der Waals surface area contributed by atoms with Crippen LogP contribution in [0.5, 0.6) is 5.75 Å². The lowest BCUT2D eigenvalue weighted by molar-refractivity contribution is -0.116. The van der Waals surface area contributed by atoms with Crippen molar-refractivity contribution in [2.75, 3.05) is 10.6 Å². The van der Waals surface area contributed by atoms with E-state index < -0.39 is 0 Å². The summed E-state index contributed by atoms with van der Waals surface area (Å²) in [5.41, 5.74) is 3.65. The molecule has 0 spiro atoms. The van der Waals surface area contributed by atoms with Crippen LogP contribution in [0.4, 0.5) is 11.4 Å². The summed E-state index contributed by atoms with van der Waals surface area (Å²) in [7, 11) is 0. The third-order valence-electron chi connectivity index (χ3n) is 5.63. The molecule has 0 saturated carbocycles. The molecule has 1 aliphatic carbocycles. The number of carbonyl (C=O) groups excluding carboxylic acids is 1. The van der Waals surface area contributed by atoms with Gasteiger partial charge in [-0.3, -0.25) is 4.79 Å². The zero-order valence-corrected chi connectivity index (χ0v) is 17.9. The van der Waals surface area contributed by atoms with Crippen molar-refractivity contribution in [3.05, 3.63) is 63.7 Å². The molecule has 2 aliphatic rings. The minimum absolute atomic E-state index is 0.0265. The Balaban J connectivity index is 1.67. The zero-order chi connectivity index (χ0) is 20.7. The van der Waals surface area contributed by atoms with Crippen LogP contribution in [0.2, 0.25) is 10.0 Å². The molecule has 2 aromatic carbocycles. The summed E-state index contributed by atoms with van der Waals surface area (Å²) in [6.45, 7) is 4.06. The van der Waals surface area contributed by atoms with E-state index in [1.807, 2.05) is 26.0 Å². The highest BCUT2D eigenvalue weighted by molar-refractivity contribution is 6.35. The lowest BCUT2D eigenvalue weighted by Gasteiger charge is -2.38. The lowest BCUT2D eigenvalue weighted by Crippen LogP contribution is -2.29. The molecule has 3 unspecified atom stereocenters. The van der Waals surface area contributed by atoms with Crippen LogP contribution in [-0.4, -0.2) is 11.0 Å². The molecule has 0 aromatic heterocycles. The van der Waals surface area contributed by atoms with Crippen molar-refractivity contribution in [3.8, 4) is 5.75 Å². The Labute approximate surface area is 180 Å². The number of halogens is 2. The second-order valence-corrected chi connectivity index (χ2v) is 9.09. The zero-order valence-electron chi connectivity index (χ0n) is 16.4. The molecule has 0 radical (unpaired) electrons. The number of fused-ring (bicyclic) bond motifs is 3. The molecule has 1 heterocycles. The summed E-state index contributed by atoms with van der Waals surface area (Å²) >= 11 is 12.4. The maximum Gasteiger partial charge on any atom is 0.224 e. The monoisotopic (exact) mass is 430 g/mol.